The molecule has 0 bridgehead atoms. The minimum absolute atomic E-state index is 0.0825. The maximum Gasteiger partial charge on any atom is 0.203 e. The first-order valence-corrected chi connectivity index (χ1v) is 4.00. The molecule has 0 atom stereocenters. The molecule has 66 valence electrons. The molecule has 0 aliphatic carbocycles. The summed E-state index contributed by atoms with van der Waals surface area (Å²) in [7, 11) is 0. The molecule has 4 heteroatoms. The molecule has 0 rings (SSSR count). The molecule has 0 fully saturated rings. The van der Waals surface area contributed by atoms with Crippen molar-refractivity contribution in [3.8, 4) is 0 Å². The Hall–Kier alpha value is -0.640. The number of rotatable bonds is 7. The first-order chi connectivity index (χ1) is 5.27. The van der Waals surface area contributed by atoms with Crippen molar-refractivity contribution >= 4 is 0 Å². The van der Waals surface area contributed by atoms with Gasteiger partial charge in [0.2, 0.25) is 6.54 Å². The molecule has 0 saturated carbocycles. The van der Waals surface area contributed by atoms with Crippen molar-refractivity contribution in [1.82, 2.24) is 0 Å². The molecular formula is C7H15NO3. The van der Waals surface area contributed by atoms with Gasteiger partial charge in [-0.3, -0.25) is 10.1 Å². The Morgan fingerprint density at radius 2 is 1.64 bits per heavy atom. The smallest absolute Gasteiger partial charge is 0.203 e. The predicted octanol–water partition coefficient (Wildman–Crippen LogP) is 1.21. The third-order valence-electron chi connectivity index (χ3n) is 1.50. The third kappa shape index (κ3) is 9.36. The van der Waals surface area contributed by atoms with Gasteiger partial charge >= 0.3 is 0 Å². The van der Waals surface area contributed by atoms with Gasteiger partial charge in [0.15, 0.2) is 0 Å². The Morgan fingerprint density at radius 1 is 1.09 bits per heavy atom. The molecule has 0 amide bonds. The number of unbranched alkanes of at least 4 members (excludes halogenated alkanes) is 4. The fourth-order valence-corrected chi connectivity index (χ4v) is 0.883. The van der Waals surface area contributed by atoms with Gasteiger partial charge in [-0.25, -0.2) is 0 Å². The number of hydrogen-bond acceptors (Lipinski definition) is 3. The van der Waals surface area contributed by atoms with E-state index in [9.17, 15) is 10.1 Å². The van der Waals surface area contributed by atoms with Crippen LogP contribution in [0.2, 0.25) is 0 Å². The highest BCUT2D eigenvalue weighted by Crippen LogP contribution is 2.01. The molecule has 0 saturated heterocycles. The summed E-state index contributed by atoms with van der Waals surface area (Å²) >= 11 is 0. The number of aliphatic hydroxyl groups excluding tert-OH is 1. The largest absolute Gasteiger partial charge is 0.396 e. The van der Waals surface area contributed by atoms with Gasteiger partial charge in [0.1, 0.15) is 0 Å². The molecule has 0 aromatic carbocycles. The third-order valence-corrected chi connectivity index (χ3v) is 1.50. The number of aliphatic hydroxyl groups is 1. The fourth-order valence-electron chi connectivity index (χ4n) is 0.883. The zero-order valence-corrected chi connectivity index (χ0v) is 6.66. The average molecular weight is 161 g/mol. The van der Waals surface area contributed by atoms with Gasteiger partial charge in [-0.15, -0.1) is 0 Å². The summed E-state index contributed by atoms with van der Waals surface area (Å²) in [5.41, 5.74) is 0. The lowest BCUT2D eigenvalue weighted by molar-refractivity contribution is -0.480. The Kier molecular flexibility index (Phi) is 7.03. The van der Waals surface area contributed by atoms with Gasteiger partial charge in [-0.1, -0.05) is 12.8 Å². The SMILES string of the molecule is O=[N+]([O-])CCCCCCCO. The van der Waals surface area contributed by atoms with E-state index in [2.05, 4.69) is 0 Å². The summed E-state index contributed by atoms with van der Waals surface area (Å²) in [6.45, 7) is 0.314. The number of hydrogen-bond donors (Lipinski definition) is 1. The van der Waals surface area contributed by atoms with Crippen molar-refractivity contribution < 1.29 is 10.0 Å². The van der Waals surface area contributed by atoms with Crippen molar-refractivity contribution in [3.05, 3.63) is 10.1 Å². The quantitative estimate of drug-likeness (QED) is 0.346. The van der Waals surface area contributed by atoms with Crippen LogP contribution >= 0.6 is 0 Å². The Balaban J connectivity index is 2.85. The van der Waals surface area contributed by atoms with Crippen LogP contribution in [0.4, 0.5) is 0 Å². The van der Waals surface area contributed by atoms with Crippen LogP contribution in [-0.4, -0.2) is 23.2 Å². The van der Waals surface area contributed by atoms with E-state index >= 15 is 0 Å². The highest BCUT2D eigenvalue weighted by molar-refractivity contribution is 4.42. The van der Waals surface area contributed by atoms with Gasteiger partial charge < -0.3 is 5.11 Å². The van der Waals surface area contributed by atoms with Crippen molar-refractivity contribution in [1.29, 1.82) is 0 Å². The second kappa shape index (κ2) is 7.47. The van der Waals surface area contributed by atoms with E-state index in [1.165, 1.54) is 0 Å². The molecule has 0 aliphatic heterocycles. The lowest BCUT2D eigenvalue weighted by atomic mass is 10.1. The van der Waals surface area contributed by atoms with E-state index < -0.39 is 0 Å². The summed E-state index contributed by atoms with van der Waals surface area (Å²) in [5.74, 6) is 0. The van der Waals surface area contributed by atoms with Crippen molar-refractivity contribution in [2.75, 3.05) is 13.2 Å². The van der Waals surface area contributed by atoms with Crippen LogP contribution in [-0.2, 0) is 0 Å². The molecule has 0 aromatic rings. The zero-order chi connectivity index (χ0) is 8.53. The minimum Gasteiger partial charge on any atom is -0.396 e. The van der Waals surface area contributed by atoms with Crippen LogP contribution < -0.4 is 0 Å². The van der Waals surface area contributed by atoms with Gasteiger partial charge in [0.05, 0.1) is 0 Å². The van der Waals surface area contributed by atoms with Gasteiger partial charge in [0, 0.05) is 18.0 Å². The molecule has 11 heavy (non-hydrogen) atoms. The van der Waals surface area contributed by atoms with Crippen molar-refractivity contribution in [3.63, 3.8) is 0 Å². The van der Waals surface area contributed by atoms with Gasteiger partial charge in [-0.05, 0) is 12.8 Å². The molecule has 0 aliphatic rings. The first-order valence-electron chi connectivity index (χ1n) is 4.00. The molecule has 4 nitrogen and oxygen atoms in total. The van der Waals surface area contributed by atoms with E-state index in [4.69, 9.17) is 5.11 Å². The summed E-state index contributed by atoms with van der Waals surface area (Å²) < 4.78 is 0. The maximum atomic E-state index is 9.85. The normalized spacial score (nSPS) is 9.91. The molecular weight excluding hydrogens is 146 g/mol. The molecule has 0 radical (unpaired) electrons. The standard InChI is InChI=1S/C7H15NO3/c9-7-5-3-1-2-4-6-8(10)11/h9H,1-7H2. The fraction of sp³-hybridized carbons (Fsp3) is 1.00. The topological polar surface area (TPSA) is 63.4 Å². The summed E-state index contributed by atoms with van der Waals surface area (Å²) in [5, 5.41) is 18.3. The van der Waals surface area contributed by atoms with Crippen LogP contribution in [0.25, 0.3) is 0 Å². The van der Waals surface area contributed by atoms with Crippen LogP contribution in [0.5, 0.6) is 0 Å². The van der Waals surface area contributed by atoms with Crippen molar-refractivity contribution in [2.24, 2.45) is 0 Å². The molecule has 0 heterocycles. The van der Waals surface area contributed by atoms with Gasteiger partial charge in [0.25, 0.3) is 0 Å². The Bertz CT molecular complexity index is 106. The van der Waals surface area contributed by atoms with E-state index in [1.807, 2.05) is 0 Å². The minimum atomic E-state index is -0.286. The second-order valence-electron chi connectivity index (χ2n) is 2.55. The van der Waals surface area contributed by atoms with E-state index in [0.717, 1.165) is 25.7 Å². The second-order valence-corrected chi connectivity index (χ2v) is 2.55. The van der Waals surface area contributed by atoms with Crippen LogP contribution in [0.3, 0.4) is 0 Å². The highest BCUT2D eigenvalue weighted by Gasteiger charge is 1.95. The van der Waals surface area contributed by atoms with Crippen LogP contribution in [0.15, 0.2) is 0 Å². The number of nitro groups is 1. The average Bonchev–Trinajstić information content (AvgIpc) is 1.96. The van der Waals surface area contributed by atoms with Crippen LogP contribution in [0, 0.1) is 10.1 Å². The highest BCUT2D eigenvalue weighted by atomic mass is 16.6. The van der Waals surface area contributed by atoms with E-state index in [-0.39, 0.29) is 18.1 Å². The monoisotopic (exact) mass is 161 g/mol. The molecule has 0 spiro atoms. The molecule has 0 aromatic heterocycles. The number of nitrogens with zero attached hydrogens (tertiary/aromatic N) is 1. The lowest BCUT2D eigenvalue weighted by Gasteiger charge is -1.95. The van der Waals surface area contributed by atoms with Crippen molar-refractivity contribution in [2.45, 2.75) is 32.1 Å². The summed E-state index contributed by atoms with van der Waals surface area (Å²) in [6.07, 6.45) is 4.36. The first kappa shape index (κ1) is 10.4. The Labute approximate surface area is 66.4 Å². The molecule has 1 N–H and O–H groups in total. The summed E-state index contributed by atoms with van der Waals surface area (Å²) in [4.78, 5) is 9.57. The zero-order valence-electron chi connectivity index (χ0n) is 6.66. The Morgan fingerprint density at radius 3 is 2.18 bits per heavy atom. The van der Waals surface area contributed by atoms with E-state index in [1.54, 1.807) is 0 Å². The maximum absolute atomic E-state index is 9.85. The predicted molar refractivity (Wildman–Crippen MR) is 42.0 cm³/mol. The molecule has 0 unspecified atom stereocenters. The summed E-state index contributed by atoms with van der Waals surface area (Å²) in [6, 6.07) is 0. The van der Waals surface area contributed by atoms with Gasteiger partial charge in [-0.2, -0.15) is 0 Å². The van der Waals surface area contributed by atoms with Crippen LogP contribution in [0.1, 0.15) is 32.1 Å². The lowest BCUT2D eigenvalue weighted by Crippen LogP contribution is -1.99. The van der Waals surface area contributed by atoms with E-state index in [0.29, 0.717) is 6.42 Å².